The van der Waals surface area contributed by atoms with Crippen LogP contribution in [0, 0.1) is 0 Å². The maximum absolute atomic E-state index is 11.5. The van der Waals surface area contributed by atoms with E-state index >= 15 is 0 Å². The van der Waals surface area contributed by atoms with Crippen LogP contribution in [0.2, 0.25) is 0 Å². The minimum atomic E-state index is -1.30. The third-order valence-electron chi connectivity index (χ3n) is 5.92. The number of aliphatic hydroxyl groups is 1. The Morgan fingerprint density at radius 1 is 0.694 bits per heavy atom. The lowest BCUT2D eigenvalue weighted by molar-refractivity contribution is -0.315. The first-order chi connectivity index (χ1) is 17.6. The molecule has 1 heterocycles. The number of ether oxygens (including phenoxy) is 5. The molecule has 1 N–H and O–H groups in total. The van der Waals surface area contributed by atoms with Gasteiger partial charge in [0.2, 0.25) is 0 Å². The number of hydrogen-bond donors (Lipinski definition) is 1. The van der Waals surface area contributed by atoms with Crippen LogP contribution in [0.15, 0.2) is 91.0 Å². The highest BCUT2D eigenvalue weighted by Crippen LogP contribution is 2.30. The van der Waals surface area contributed by atoms with Crippen molar-refractivity contribution in [2.24, 2.45) is 0 Å². The van der Waals surface area contributed by atoms with E-state index in [0.29, 0.717) is 0 Å². The van der Waals surface area contributed by atoms with Crippen molar-refractivity contribution in [1.29, 1.82) is 0 Å². The molecule has 0 bridgehead atoms. The second kappa shape index (κ2) is 13.3. The molecule has 7 nitrogen and oxygen atoms in total. The summed E-state index contributed by atoms with van der Waals surface area (Å²) >= 11 is 0. The molecule has 0 aromatic heterocycles. The summed E-state index contributed by atoms with van der Waals surface area (Å²) in [7, 11) is 0. The molecule has 0 radical (unpaired) electrons. The zero-order chi connectivity index (χ0) is 25.2. The van der Waals surface area contributed by atoms with E-state index in [1.165, 1.54) is 6.92 Å². The summed E-state index contributed by atoms with van der Waals surface area (Å²) in [6.07, 6.45) is -4.24. The maximum atomic E-state index is 11.5. The largest absolute Gasteiger partial charge is 0.463 e. The molecule has 3 unspecified atom stereocenters. The van der Waals surface area contributed by atoms with Gasteiger partial charge in [-0.15, -0.1) is 0 Å². The van der Waals surface area contributed by atoms with Crippen molar-refractivity contribution in [1.82, 2.24) is 0 Å². The van der Waals surface area contributed by atoms with Crippen LogP contribution in [0.1, 0.15) is 23.6 Å². The molecule has 4 rings (SSSR count). The van der Waals surface area contributed by atoms with Crippen molar-refractivity contribution in [2.75, 3.05) is 6.61 Å². The van der Waals surface area contributed by atoms with Crippen molar-refractivity contribution in [3.05, 3.63) is 108 Å². The first-order valence-corrected chi connectivity index (χ1v) is 12.0. The second-order valence-corrected chi connectivity index (χ2v) is 8.65. The summed E-state index contributed by atoms with van der Waals surface area (Å²) < 4.78 is 29.9. The minimum Gasteiger partial charge on any atom is -0.463 e. The molecule has 7 heteroatoms. The molecule has 190 valence electrons. The standard InChI is InChI=1S/C29H32O7/c1-21(30)32-20-25-26(33-17-22-11-5-2-6-12-22)27(34-18-23-13-7-3-8-14-23)28(29(31)36-25)35-19-24-15-9-4-10-16-24/h2-16,25-29,31H,17-20H2,1H3/t25?,26-,27+,28?,29?/m1/s1. The van der Waals surface area contributed by atoms with E-state index in [1.54, 1.807) is 0 Å². The van der Waals surface area contributed by atoms with Crippen LogP contribution in [0.4, 0.5) is 0 Å². The minimum absolute atomic E-state index is 0.0809. The molecule has 0 saturated carbocycles. The average Bonchev–Trinajstić information content (AvgIpc) is 2.91. The van der Waals surface area contributed by atoms with E-state index in [0.717, 1.165) is 16.7 Å². The Kier molecular flexibility index (Phi) is 9.61. The summed E-state index contributed by atoms with van der Waals surface area (Å²) in [4.78, 5) is 11.5. The number of carbonyl (C=O) groups is 1. The molecular formula is C29H32O7. The first-order valence-electron chi connectivity index (χ1n) is 12.0. The van der Waals surface area contributed by atoms with E-state index < -0.39 is 36.7 Å². The Bertz CT molecular complexity index is 1040. The molecule has 5 atom stereocenters. The Labute approximate surface area is 211 Å². The molecule has 0 aliphatic carbocycles. The van der Waals surface area contributed by atoms with Crippen LogP contribution in [0.3, 0.4) is 0 Å². The van der Waals surface area contributed by atoms with Gasteiger partial charge in [-0.2, -0.15) is 0 Å². The van der Waals surface area contributed by atoms with Gasteiger partial charge in [-0.25, -0.2) is 0 Å². The highest BCUT2D eigenvalue weighted by Gasteiger charge is 2.48. The summed E-state index contributed by atoms with van der Waals surface area (Å²) in [6, 6.07) is 29.2. The van der Waals surface area contributed by atoms with Crippen LogP contribution in [0.25, 0.3) is 0 Å². The van der Waals surface area contributed by atoms with E-state index in [-0.39, 0.29) is 26.4 Å². The highest BCUT2D eigenvalue weighted by atomic mass is 16.7. The zero-order valence-corrected chi connectivity index (χ0v) is 20.3. The van der Waals surface area contributed by atoms with Crippen LogP contribution >= 0.6 is 0 Å². The molecule has 1 saturated heterocycles. The normalized spacial score (nSPS) is 23.8. The molecule has 36 heavy (non-hydrogen) atoms. The lowest BCUT2D eigenvalue weighted by atomic mass is 9.98. The number of benzene rings is 3. The molecular weight excluding hydrogens is 460 g/mol. The molecule has 0 amide bonds. The Morgan fingerprint density at radius 3 is 1.56 bits per heavy atom. The molecule has 1 aliphatic rings. The Balaban J connectivity index is 1.57. The lowest BCUT2D eigenvalue weighted by Gasteiger charge is -2.44. The SMILES string of the molecule is CC(=O)OCC1OC(O)C(OCc2ccccc2)[C@@H](OCc2ccccc2)[C@@H]1OCc1ccccc1. The third kappa shape index (κ3) is 7.46. The monoisotopic (exact) mass is 492 g/mol. The van der Waals surface area contributed by atoms with Gasteiger partial charge in [-0.05, 0) is 16.7 Å². The number of aliphatic hydroxyl groups excluding tert-OH is 1. The maximum Gasteiger partial charge on any atom is 0.302 e. The average molecular weight is 493 g/mol. The van der Waals surface area contributed by atoms with Gasteiger partial charge in [0.05, 0.1) is 19.8 Å². The van der Waals surface area contributed by atoms with Crippen molar-refractivity contribution in [2.45, 2.75) is 57.5 Å². The Morgan fingerprint density at radius 2 is 1.11 bits per heavy atom. The van der Waals surface area contributed by atoms with E-state index in [1.807, 2.05) is 91.0 Å². The van der Waals surface area contributed by atoms with Gasteiger partial charge in [-0.3, -0.25) is 4.79 Å². The van der Waals surface area contributed by atoms with Gasteiger partial charge >= 0.3 is 5.97 Å². The smallest absolute Gasteiger partial charge is 0.302 e. The number of esters is 1. The van der Waals surface area contributed by atoms with Crippen LogP contribution in [-0.4, -0.2) is 48.4 Å². The van der Waals surface area contributed by atoms with Gasteiger partial charge in [0.1, 0.15) is 31.0 Å². The van der Waals surface area contributed by atoms with Gasteiger partial charge < -0.3 is 28.8 Å². The molecule has 3 aromatic rings. The predicted molar refractivity (Wildman–Crippen MR) is 133 cm³/mol. The van der Waals surface area contributed by atoms with Crippen LogP contribution in [0.5, 0.6) is 0 Å². The number of carbonyl (C=O) groups excluding carboxylic acids is 1. The zero-order valence-electron chi connectivity index (χ0n) is 20.3. The third-order valence-corrected chi connectivity index (χ3v) is 5.92. The topological polar surface area (TPSA) is 83.5 Å². The van der Waals surface area contributed by atoms with E-state index in [4.69, 9.17) is 23.7 Å². The lowest BCUT2D eigenvalue weighted by Crippen LogP contribution is -2.61. The van der Waals surface area contributed by atoms with Crippen molar-refractivity contribution in [3.63, 3.8) is 0 Å². The summed E-state index contributed by atoms with van der Waals surface area (Å²) in [6.45, 7) is 2.08. The summed E-state index contributed by atoms with van der Waals surface area (Å²) in [5, 5.41) is 10.9. The molecule has 0 spiro atoms. The second-order valence-electron chi connectivity index (χ2n) is 8.65. The summed E-state index contributed by atoms with van der Waals surface area (Å²) in [5.41, 5.74) is 2.90. The predicted octanol–water partition coefficient (Wildman–Crippen LogP) is 4.02. The molecule has 3 aromatic carbocycles. The van der Waals surface area contributed by atoms with Gasteiger partial charge in [0.25, 0.3) is 0 Å². The van der Waals surface area contributed by atoms with Crippen molar-refractivity contribution < 1.29 is 33.6 Å². The number of rotatable bonds is 11. The van der Waals surface area contributed by atoms with Crippen LogP contribution in [-0.2, 0) is 48.3 Å². The van der Waals surface area contributed by atoms with Crippen LogP contribution < -0.4 is 0 Å². The molecule has 1 fully saturated rings. The highest BCUT2D eigenvalue weighted by molar-refractivity contribution is 5.65. The van der Waals surface area contributed by atoms with Gasteiger partial charge in [0.15, 0.2) is 6.29 Å². The summed E-state index contributed by atoms with van der Waals surface area (Å²) in [5.74, 6) is -0.445. The quantitative estimate of drug-likeness (QED) is 0.405. The van der Waals surface area contributed by atoms with Crippen molar-refractivity contribution >= 4 is 5.97 Å². The fraction of sp³-hybridized carbons (Fsp3) is 0.345. The van der Waals surface area contributed by atoms with E-state index in [2.05, 4.69) is 0 Å². The molecule has 1 aliphatic heterocycles. The number of hydrogen-bond acceptors (Lipinski definition) is 7. The van der Waals surface area contributed by atoms with Gasteiger partial charge in [0, 0.05) is 6.92 Å². The fourth-order valence-corrected chi connectivity index (χ4v) is 4.10. The first kappa shape index (κ1) is 26.0. The fourth-order valence-electron chi connectivity index (χ4n) is 4.10. The Hall–Kier alpha value is -3.07. The van der Waals surface area contributed by atoms with Crippen molar-refractivity contribution in [3.8, 4) is 0 Å². The van der Waals surface area contributed by atoms with E-state index in [9.17, 15) is 9.90 Å². The van der Waals surface area contributed by atoms with Gasteiger partial charge in [-0.1, -0.05) is 91.0 Å².